The summed E-state index contributed by atoms with van der Waals surface area (Å²) in [6.07, 6.45) is 1.68. The van der Waals surface area contributed by atoms with Gasteiger partial charge in [0.15, 0.2) is 5.15 Å². The monoisotopic (exact) mass is 304 g/mol. The molecule has 0 amide bonds. The van der Waals surface area contributed by atoms with Gasteiger partial charge in [0.2, 0.25) is 0 Å². The van der Waals surface area contributed by atoms with Crippen molar-refractivity contribution in [2.45, 2.75) is 0 Å². The highest BCUT2D eigenvalue weighted by atomic mass is 35.5. The molecule has 106 valence electrons. The Morgan fingerprint density at radius 2 is 2.00 bits per heavy atom. The first-order valence-electron chi connectivity index (χ1n) is 6.12. The van der Waals surface area contributed by atoms with E-state index in [0.717, 1.165) is 5.56 Å². The van der Waals surface area contributed by atoms with E-state index in [0.29, 0.717) is 16.9 Å². The zero-order chi connectivity index (χ0) is 15.0. The number of imidazole rings is 1. The minimum absolute atomic E-state index is 0.264. The molecule has 0 saturated carbocycles. The first kappa shape index (κ1) is 13.6. The summed E-state index contributed by atoms with van der Waals surface area (Å²) in [5.41, 5.74) is 1.69. The number of carbonyl (C=O) groups is 1. The van der Waals surface area contributed by atoms with Crippen molar-refractivity contribution in [1.82, 2.24) is 9.38 Å². The van der Waals surface area contributed by atoms with E-state index in [-0.39, 0.29) is 11.0 Å². The quantitative estimate of drug-likeness (QED) is 0.680. The van der Waals surface area contributed by atoms with Gasteiger partial charge < -0.3 is 4.74 Å². The minimum Gasteiger partial charge on any atom is -0.465 e. The van der Waals surface area contributed by atoms with Crippen LogP contribution in [-0.4, -0.2) is 22.5 Å². The summed E-state index contributed by atoms with van der Waals surface area (Å²) in [6, 6.07) is 9.17. The predicted octanol–water partition coefficient (Wildman–Crippen LogP) is 3.58. The molecule has 0 fully saturated rings. The summed E-state index contributed by atoms with van der Waals surface area (Å²) >= 11 is 6.12. The number of ether oxygens (including phenoxy) is 1. The molecule has 1 aromatic carbocycles. The predicted molar refractivity (Wildman–Crippen MR) is 76.9 cm³/mol. The van der Waals surface area contributed by atoms with E-state index in [1.54, 1.807) is 34.9 Å². The fourth-order valence-electron chi connectivity index (χ4n) is 2.10. The normalized spacial score (nSPS) is 10.8. The van der Waals surface area contributed by atoms with Crippen LogP contribution >= 0.6 is 11.6 Å². The lowest BCUT2D eigenvalue weighted by molar-refractivity contribution is 0.0600. The Morgan fingerprint density at radius 1 is 1.29 bits per heavy atom. The lowest BCUT2D eigenvalue weighted by atomic mass is 10.2. The number of rotatable bonds is 2. The number of benzene rings is 1. The summed E-state index contributed by atoms with van der Waals surface area (Å²) in [4.78, 5) is 15.8. The summed E-state index contributed by atoms with van der Waals surface area (Å²) in [5.74, 6) is -0.191. The Morgan fingerprint density at radius 3 is 2.67 bits per heavy atom. The highest BCUT2D eigenvalue weighted by Crippen LogP contribution is 2.26. The maximum atomic E-state index is 13.0. The molecule has 21 heavy (non-hydrogen) atoms. The van der Waals surface area contributed by atoms with Crippen LogP contribution in [-0.2, 0) is 4.74 Å². The van der Waals surface area contributed by atoms with Gasteiger partial charge in [0.25, 0.3) is 0 Å². The maximum Gasteiger partial charge on any atom is 0.337 e. The van der Waals surface area contributed by atoms with Crippen LogP contribution in [0.4, 0.5) is 4.39 Å². The molecule has 0 atom stereocenters. The van der Waals surface area contributed by atoms with Gasteiger partial charge in [0, 0.05) is 11.8 Å². The van der Waals surface area contributed by atoms with E-state index in [2.05, 4.69) is 9.72 Å². The fourth-order valence-corrected chi connectivity index (χ4v) is 2.32. The summed E-state index contributed by atoms with van der Waals surface area (Å²) in [6.45, 7) is 0. The van der Waals surface area contributed by atoms with Crippen LogP contribution in [0.3, 0.4) is 0 Å². The molecule has 0 unspecified atom stereocenters. The molecule has 6 heteroatoms. The van der Waals surface area contributed by atoms with E-state index >= 15 is 0 Å². The van der Waals surface area contributed by atoms with Gasteiger partial charge >= 0.3 is 5.97 Å². The molecular weight excluding hydrogens is 295 g/mol. The number of aromatic nitrogens is 2. The molecule has 3 rings (SSSR count). The molecule has 0 spiro atoms. The lowest BCUT2D eigenvalue weighted by Crippen LogP contribution is -2.02. The average Bonchev–Trinajstić information content (AvgIpc) is 2.84. The fraction of sp³-hybridized carbons (Fsp3) is 0.0667. The third-order valence-corrected chi connectivity index (χ3v) is 3.40. The summed E-state index contributed by atoms with van der Waals surface area (Å²) < 4.78 is 19.4. The van der Waals surface area contributed by atoms with Crippen molar-refractivity contribution in [2.24, 2.45) is 0 Å². The zero-order valence-corrected chi connectivity index (χ0v) is 11.8. The van der Waals surface area contributed by atoms with E-state index in [1.807, 2.05) is 0 Å². The van der Waals surface area contributed by atoms with Crippen LogP contribution in [0, 0.1) is 5.82 Å². The number of esters is 1. The van der Waals surface area contributed by atoms with Crippen molar-refractivity contribution < 1.29 is 13.9 Å². The Labute approximate surface area is 124 Å². The van der Waals surface area contributed by atoms with E-state index in [1.165, 1.54) is 19.2 Å². The van der Waals surface area contributed by atoms with Gasteiger partial charge in [-0.15, -0.1) is 0 Å². The maximum absolute atomic E-state index is 13.0. The summed E-state index contributed by atoms with van der Waals surface area (Å²) in [5, 5.41) is 0.264. The smallest absolute Gasteiger partial charge is 0.337 e. The molecule has 2 heterocycles. The average molecular weight is 305 g/mol. The van der Waals surface area contributed by atoms with Crippen LogP contribution in [0.5, 0.6) is 0 Å². The van der Waals surface area contributed by atoms with Crippen molar-refractivity contribution in [3.8, 4) is 11.4 Å². The van der Waals surface area contributed by atoms with Gasteiger partial charge in [-0.1, -0.05) is 11.6 Å². The van der Waals surface area contributed by atoms with Crippen molar-refractivity contribution in [1.29, 1.82) is 0 Å². The number of pyridine rings is 1. The number of fused-ring (bicyclic) bond motifs is 1. The molecule has 0 aliphatic heterocycles. The standard InChI is InChI=1S/C15H10ClFN2O2/c1-21-15(20)10-6-7-19-12(8-10)13(16)18-14(19)9-2-4-11(17)5-3-9/h2-8H,1H3. The number of nitrogens with zero attached hydrogens (tertiary/aromatic N) is 2. The summed E-state index contributed by atoms with van der Waals surface area (Å²) in [7, 11) is 1.31. The van der Waals surface area contributed by atoms with Gasteiger partial charge in [-0.25, -0.2) is 14.2 Å². The molecule has 3 aromatic rings. The van der Waals surface area contributed by atoms with Crippen molar-refractivity contribution in [3.05, 3.63) is 59.1 Å². The van der Waals surface area contributed by atoms with Crippen molar-refractivity contribution >= 4 is 23.1 Å². The number of methoxy groups -OCH3 is 1. The van der Waals surface area contributed by atoms with Gasteiger partial charge in [-0.3, -0.25) is 4.40 Å². The van der Waals surface area contributed by atoms with Crippen LogP contribution in [0.25, 0.3) is 16.9 Å². The number of halogens is 2. The first-order valence-corrected chi connectivity index (χ1v) is 6.50. The van der Waals surface area contributed by atoms with Crippen molar-refractivity contribution in [3.63, 3.8) is 0 Å². The zero-order valence-electron chi connectivity index (χ0n) is 11.0. The number of hydrogen-bond donors (Lipinski definition) is 0. The molecule has 4 nitrogen and oxygen atoms in total. The van der Waals surface area contributed by atoms with E-state index in [4.69, 9.17) is 11.6 Å². The highest BCUT2D eigenvalue weighted by molar-refractivity contribution is 6.33. The lowest BCUT2D eigenvalue weighted by Gasteiger charge is -2.03. The third kappa shape index (κ3) is 2.36. The van der Waals surface area contributed by atoms with Gasteiger partial charge in [-0.2, -0.15) is 0 Å². The molecular formula is C15H10ClFN2O2. The van der Waals surface area contributed by atoms with Crippen LogP contribution in [0.2, 0.25) is 5.15 Å². The Hall–Kier alpha value is -2.40. The largest absolute Gasteiger partial charge is 0.465 e. The highest BCUT2D eigenvalue weighted by Gasteiger charge is 2.14. The molecule has 0 radical (unpaired) electrons. The van der Waals surface area contributed by atoms with Crippen molar-refractivity contribution in [2.75, 3.05) is 7.11 Å². The molecule has 0 saturated heterocycles. The molecule has 2 aromatic heterocycles. The molecule has 0 aliphatic carbocycles. The van der Waals surface area contributed by atoms with Crippen LogP contribution < -0.4 is 0 Å². The molecule has 0 bridgehead atoms. The molecule has 0 aliphatic rings. The second-order valence-corrected chi connectivity index (χ2v) is 4.75. The van der Waals surface area contributed by atoms with Crippen LogP contribution in [0.15, 0.2) is 42.6 Å². The van der Waals surface area contributed by atoms with Gasteiger partial charge in [-0.05, 0) is 36.4 Å². The van der Waals surface area contributed by atoms with E-state index in [9.17, 15) is 9.18 Å². The van der Waals surface area contributed by atoms with Gasteiger partial charge in [0.1, 0.15) is 11.6 Å². The second kappa shape index (κ2) is 5.18. The number of hydrogen-bond acceptors (Lipinski definition) is 3. The van der Waals surface area contributed by atoms with Crippen LogP contribution in [0.1, 0.15) is 10.4 Å². The SMILES string of the molecule is COC(=O)c1ccn2c(-c3ccc(F)cc3)nc(Cl)c2c1. The Bertz CT molecular complexity index is 828. The minimum atomic E-state index is -0.446. The Kier molecular flexibility index (Phi) is 3.35. The van der Waals surface area contributed by atoms with Gasteiger partial charge in [0.05, 0.1) is 18.2 Å². The first-order chi connectivity index (χ1) is 10.1. The topological polar surface area (TPSA) is 43.6 Å². The molecule has 0 N–H and O–H groups in total. The third-order valence-electron chi connectivity index (χ3n) is 3.12. The second-order valence-electron chi connectivity index (χ2n) is 4.40. The Balaban J connectivity index is 2.17. The van der Waals surface area contributed by atoms with E-state index < -0.39 is 5.97 Å². The number of carbonyl (C=O) groups excluding carboxylic acids is 1.